The number of carbonyl (C=O) groups excluding carboxylic acids is 1. The first-order chi connectivity index (χ1) is 5.11. The van der Waals surface area contributed by atoms with E-state index in [0.717, 1.165) is 0 Å². The van der Waals surface area contributed by atoms with Crippen molar-refractivity contribution in [2.75, 3.05) is 0 Å². The lowest BCUT2D eigenvalue weighted by Crippen LogP contribution is -1.93. The Hall–Kier alpha value is -0.310. The van der Waals surface area contributed by atoms with Crippen LogP contribution in [0.2, 0.25) is 10.2 Å². The molecule has 0 atom stereocenters. The number of hydrogen-bond donors (Lipinski definition) is 0. The maximum Gasteiger partial charge on any atom is 0.270 e. The molecule has 0 aliphatic heterocycles. The number of aromatic nitrogens is 1. The summed E-state index contributed by atoms with van der Waals surface area (Å²) < 4.78 is 0. The van der Waals surface area contributed by atoms with Gasteiger partial charge in [-0.2, -0.15) is 0 Å². The molecule has 5 heteroatoms. The summed E-state index contributed by atoms with van der Waals surface area (Å²) in [6.07, 6.45) is 0. The molecule has 0 aliphatic rings. The molecular formula is C6H2Cl3NO. The van der Waals surface area contributed by atoms with Crippen LogP contribution in [0.25, 0.3) is 0 Å². The molecule has 0 saturated heterocycles. The van der Waals surface area contributed by atoms with E-state index in [1.54, 1.807) is 0 Å². The highest BCUT2D eigenvalue weighted by atomic mass is 35.5. The normalized spacial score (nSPS) is 9.73. The maximum absolute atomic E-state index is 10.5. The highest BCUT2D eigenvalue weighted by Crippen LogP contribution is 2.19. The van der Waals surface area contributed by atoms with Gasteiger partial charge in [0.25, 0.3) is 5.24 Å². The lowest BCUT2D eigenvalue weighted by Gasteiger charge is -1.95. The number of carbonyl (C=O) groups is 1. The fourth-order valence-electron chi connectivity index (χ4n) is 0.527. The van der Waals surface area contributed by atoms with Gasteiger partial charge < -0.3 is 0 Å². The molecule has 1 aromatic heterocycles. The molecule has 0 radical (unpaired) electrons. The van der Waals surface area contributed by atoms with Crippen LogP contribution in [-0.4, -0.2) is 10.2 Å². The topological polar surface area (TPSA) is 30.0 Å². The van der Waals surface area contributed by atoms with Gasteiger partial charge in [-0.1, -0.05) is 23.2 Å². The third-order valence-electron chi connectivity index (χ3n) is 1.00. The summed E-state index contributed by atoms with van der Waals surface area (Å²) in [6.45, 7) is 0. The standard InChI is InChI=1S/C6H2Cl3NO/c7-3-1-2-4(6(9)11)10-5(3)8/h1-2H. The predicted molar refractivity (Wildman–Crippen MR) is 44.4 cm³/mol. The van der Waals surface area contributed by atoms with Crippen molar-refractivity contribution in [2.45, 2.75) is 0 Å². The lowest BCUT2D eigenvalue weighted by molar-refractivity contribution is 0.107. The molecule has 0 bridgehead atoms. The Morgan fingerprint density at radius 3 is 2.45 bits per heavy atom. The average Bonchev–Trinajstić information content (AvgIpc) is 1.94. The molecule has 1 rings (SSSR count). The van der Waals surface area contributed by atoms with Crippen LogP contribution in [0, 0.1) is 0 Å². The Morgan fingerprint density at radius 2 is 2.00 bits per heavy atom. The molecule has 0 aromatic carbocycles. The van der Waals surface area contributed by atoms with Gasteiger partial charge in [-0.15, -0.1) is 0 Å². The van der Waals surface area contributed by atoms with Crippen LogP contribution in [0.5, 0.6) is 0 Å². The minimum absolute atomic E-state index is 0.0816. The van der Waals surface area contributed by atoms with Crippen molar-refractivity contribution in [1.82, 2.24) is 4.98 Å². The zero-order chi connectivity index (χ0) is 8.43. The Kier molecular flexibility index (Phi) is 2.71. The van der Waals surface area contributed by atoms with Gasteiger partial charge in [0, 0.05) is 0 Å². The molecule has 0 saturated carbocycles. The van der Waals surface area contributed by atoms with Gasteiger partial charge in [-0.25, -0.2) is 4.98 Å². The summed E-state index contributed by atoms with van der Waals surface area (Å²) in [6, 6.07) is 2.87. The van der Waals surface area contributed by atoms with Crippen molar-refractivity contribution in [1.29, 1.82) is 0 Å². The minimum Gasteiger partial charge on any atom is -0.274 e. The van der Waals surface area contributed by atoms with E-state index in [4.69, 9.17) is 34.8 Å². The van der Waals surface area contributed by atoms with E-state index in [1.165, 1.54) is 12.1 Å². The quantitative estimate of drug-likeness (QED) is 0.527. The van der Waals surface area contributed by atoms with Crippen molar-refractivity contribution in [2.24, 2.45) is 0 Å². The van der Waals surface area contributed by atoms with Gasteiger partial charge in [0.2, 0.25) is 0 Å². The number of nitrogens with zero attached hydrogens (tertiary/aromatic N) is 1. The van der Waals surface area contributed by atoms with Gasteiger partial charge in [-0.05, 0) is 23.7 Å². The highest BCUT2D eigenvalue weighted by Gasteiger charge is 2.05. The van der Waals surface area contributed by atoms with Gasteiger partial charge in [0.05, 0.1) is 5.02 Å². The molecule has 0 fully saturated rings. The number of hydrogen-bond acceptors (Lipinski definition) is 2. The summed E-state index contributed by atoms with van der Waals surface area (Å²) in [5, 5.41) is -0.268. The van der Waals surface area contributed by atoms with Crippen molar-refractivity contribution in [3.8, 4) is 0 Å². The second-order valence-corrected chi connectivity index (χ2v) is 2.85. The van der Waals surface area contributed by atoms with Crippen molar-refractivity contribution in [3.05, 3.63) is 28.0 Å². The number of rotatable bonds is 1. The largest absolute Gasteiger partial charge is 0.274 e. The Bertz CT molecular complexity index is 300. The third kappa shape index (κ3) is 2.06. The Labute approximate surface area is 78.1 Å². The molecule has 0 N–H and O–H groups in total. The van der Waals surface area contributed by atoms with E-state index in [9.17, 15) is 4.79 Å². The van der Waals surface area contributed by atoms with Crippen molar-refractivity contribution >= 4 is 40.0 Å². The molecule has 0 unspecified atom stereocenters. The van der Waals surface area contributed by atoms with Crippen LogP contribution in [0.4, 0.5) is 0 Å². The summed E-state index contributed by atoms with van der Waals surface area (Å²) >= 11 is 16.2. The molecule has 58 valence electrons. The van der Waals surface area contributed by atoms with Crippen LogP contribution in [0.1, 0.15) is 10.5 Å². The SMILES string of the molecule is O=C(Cl)c1ccc(Cl)c(Cl)n1. The van der Waals surface area contributed by atoms with Crippen LogP contribution < -0.4 is 0 Å². The first-order valence-corrected chi connectivity index (χ1v) is 3.76. The molecular weight excluding hydrogens is 208 g/mol. The third-order valence-corrected chi connectivity index (χ3v) is 1.89. The number of halogens is 3. The van der Waals surface area contributed by atoms with Gasteiger partial charge in [-0.3, -0.25) is 4.79 Å². The molecule has 11 heavy (non-hydrogen) atoms. The van der Waals surface area contributed by atoms with Crippen LogP contribution in [0.15, 0.2) is 12.1 Å². The fourth-order valence-corrected chi connectivity index (χ4v) is 0.891. The number of pyridine rings is 1. The van der Waals surface area contributed by atoms with E-state index >= 15 is 0 Å². The summed E-state index contributed by atoms with van der Waals surface area (Å²) in [5.74, 6) is 0. The van der Waals surface area contributed by atoms with E-state index < -0.39 is 5.24 Å². The smallest absolute Gasteiger partial charge is 0.270 e. The fraction of sp³-hybridized carbons (Fsp3) is 0. The van der Waals surface area contributed by atoms with Gasteiger partial charge in [0.1, 0.15) is 10.8 Å². The van der Waals surface area contributed by atoms with Crippen LogP contribution >= 0.6 is 34.8 Å². The lowest BCUT2D eigenvalue weighted by atomic mass is 10.4. The van der Waals surface area contributed by atoms with E-state index in [-0.39, 0.29) is 10.8 Å². The highest BCUT2D eigenvalue weighted by molar-refractivity contribution is 6.67. The van der Waals surface area contributed by atoms with Crippen LogP contribution in [0.3, 0.4) is 0 Å². The molecule has 1 heterocycles. The molecule has 0 spiro atoms. The van der Waals surface area contributed by atoms with Crippen LogP contribution in [-0.2, 0) is 0 Å². The summed E-state index contributed by atoms with van der Waals surface area (Å²) in [5.41, 5.74) is 0.0982. The van der Waals surface area contributed by atoms with E-state index in [0.29, 0.717) is 5.02 Å². The Balaban J connectivity index is 3.15. The average molecular weight is 210 g/mol. The first kappa shape index (κ1) is 8.78. The van der Waals surface area contributed by atoms with E-state index in [1.807, 2.05) is 0 Å². The summed E-state index contributed by atoms with van der Waals surface area (Å²) in [7, 11) is 0. The van der Waals surface area contributed by atoms with Crippen molar-refractivity contribution in [3.63, 3.8) is 0 Å². The maximum atomic E-state index is 10.5. The second-order valence-electron chi connectivity index (χ2n) is 1.74. The van der Waals surface area contributed by atoms with E-state index in [2.05, 4.69) is 4.98 Å². The minimum atomic E-state index is -0.649. The zero-order valence-corrected chi connectivity index (χ0v) is 7.41. The van der Waals surface area contributed by atoms with Crippen molar-refractivity contribution < 1.29 is 4.79 Å². The Morgan fingerprint density at radius 1 is 1.36 bits per heavy atom. The monoisotopic (exact) mass is 209 g/mol. The summed E-state index contributed by atoms with van der Waals surface area (Å²) in [4.78, 5) is 14.1. The molecule has 0 amide bonds. The molecule has 1 aromatic rings. The molecule has 2 nitrogen and oxygen atoms in total. The zero-order valence-electron chi connectivity index (χ0n) is 5.14. The molecule has 0 aliphatic carbocycles. The van der Waals surface area contributed by atoms with Gasteiger partial charge in [0.15, 0.2) is 0 Å². The van der Waals surface area contributed by atoms with Gasteiger partial charge >= 0.3 is 0 Å². The predicted octanol–water partition coefficient (Wildman–Crippen LogP) is 2.77. The first-order valence-electron chi connectivity index (χ1n) is 2.63. The second kappa shape index (κ2) is 3.39.